The fraction of sp³-hybridized carbons (Fsp3) is 0.167. The van der Waals surface area contributed by atoms with Gasteiger partial charge >= 0.3 is 12.2 Å². The number of nitrogens with one attached hydrogen (secondary N) is 2. The van der Waals surface area contributed by atoms with Crippen LogP contribution in [0.3, 0.4) is 0 Å². The molecule has 1 aliphatic rings. The lowest BCUT2D eigenvalue weighted by Gasteiger charge is -2.35. The second kappa shape index (κ2) is 11.0. The number of alkyl halides is 3. The summed E-state index contributed by atoms with van der Waals surface area (Å²) >= 11 is 0. The molecule has 0 fully saturated rings. The molecule has 0 unspecified atom stereocenters. The second-order valence-electron chi connectivity index (χ2n) is 9.69. The van der Waals surface area contributed by atoms with Crippen LogP contribution >= 0.6 is 0 Å². The second-order valence-corrected chi connectivity index (χ2v) is 9.69. The lowest BCUT2D eigenvalue weighted by molar-refractivity contribution is -0.137. The van der Waals surface area contributed by atoms with E-state index in [1.165, 1.54) is 21.9 Å². The van der Waals surface area contributed by atoms with E-state index in [4.69, 9.17) is 0 Å². The molecule has 2 N–H and O–H groups in total. The van der Waals surface area contributed by atoms with Gasteiger partial charge in [-0.15, -0.1) is 0 Å². The lowest BCUT2D eigenvalue weighted by Crippen LogP contribution is -2.46. The van der Waals surface area contributed by atoms with Crippen molar-refractivity contribution in [1.29, 1.82) is 0 Å². The largest absolute Gasteiger partial charge is 0.416 e. The van der Waals surface area contributed by atoms with E-state index in [0.717, 1.165) is 29.2 Å². The summed E-state index contributed by atoms with van der Waals surface area (Å²) in [4.78, 5) is 42.6. The zero-order valence-corrected chi connectivity index (χ0v) is 23.0. The maximum atomic E-state index is 13.5. The molecule has 214 valence electrons. The van der Waals surface area contributed by atoms with Gasteiger partial charge in [0.15, 0.2) is 0 Å². The number of carbonyl (C=O) groups excluding carboxylic acids is 2. The molecular weight excluding hydrogens is 547 g/mol. The Hall–Kier alpha value is -5.26. The first-order valence-electron chi connectivity index (χ1n) is 12.8. The number of aryl methyl sites for hydroxylation is 2. The standard InChI is InChI=1S/C30H26F3N7O2/c1-5-19-10-11-23(36-27(41)20-7-6-8-22(13-20)30(31,32)33)14-25(19)40-16-21-15-34-28(38-26(21)39(4)29(40)42)37-24-12-9-17(2)35-18(24)3/h5-15H,1,16H2,2-4H3,(H,36,41)(H,34,37,38). The molecule has 1 aliphatic heterocycles. The molecule has 0 radical (unpaired) electrons. The Labute approximate surface area is 239 Å². The summed E-state index contributed by atoms with van der Waals surface area (Å²) in [5, 5.41) is 5.77. The highest BCUT2D eigenvalue weighted by molar-refractivity contribution is 6.08. The van der Waals surface area contributed by atoms with Crippen LogP contribution < -0.4 is 20.4 Å². The number of pyridine rings is 1. The molecule has 0 saturated carbocycles. The Morgan fingerprint density at radius 2 is 1.86 bits per heavy atom. The van der Waals surface area contributed by atoms with Gasteiger partial charge < -0.3 is 10.6 Å². The van der Waals surface area contributed by atoms with Crippen molar-refractivity contribution in [2.24, 2.45) is 0 Å². The Morgan fingerprint density at radius 3 is 2.57 bits per heavy atom. The SMILES string of the molecule is C=Cc1ccc(NC(=O)c2cccc(C(F)(F)F)c2)cc1N1Cc2cnc(Nc3ccc(C)nc3C)nc2N(C)C1=O. The first kappa shape index (κ1) is 28.3. The van der Waals surface area contributed by atoms with Crippen molar-refractivity contribution >= 4 is 46.8 Å². The summed E-state index contributed by atoms with van der Waals surface area (Å²) in [5.41, 5.74) is 3.34. The molecule has 0 aliphatic carbocycles. The van der Waals surface area contributed by atoms with Crippen LogP contribution in [0.1, 0.15) is 38.4 Å². The Kier molecular flexibility index (Phi) is 7.38. The van der Waals surface area contributed by atoms with Crippen molar-refractivity contribution in [3.8, 4) is 0 Å². The van der Waals surface area contributed by atoms with E-state index >= 15 is 0 Å². The van der Waals surface area contributed by atoms with E-state index in [9.17, 15) is 22.8 Å². The molecule has 0 spiro atoms. The number of halogens is 3. The van der Waals surface area contributed by atoms with Crippen LogP contribution in [0, 0.1) is 13.8 Å². The van der Waals surface area contributed by atoms with Gasteiger partial charge in [0.2, 0.25) is 5.95 Å². The number of aromatic nitrogens is 3. The van der Waals surface area contributed by atoms with Gasteiger partial charge in [0.1, 0.15) is 5.82 Å². The molecule has 3 heterocycles. The van der Waals surface area contributed by atoms with E-state index in [0.29, 0.717) is 28.6 Å². The highest BCUT2D eigenvalue weighted by atomic mass is 19.4. The zero-order valence-electron chi connectivity index (χ0n) is 23.0. The van der Waals surface area contributed by atoms with Gasteiger partial charge in [-0.25, -0.2) is 9.78 Å². The van der Waals surface area contributed by atoms with Gasteiger partial charge in [0.25, 0.3) is 5.91 Å². The van der Waals surface area contributed by atoms with Gasteiger partial charge in [-0.05, 0) is 61.9 Å². The van der Waals surface area contributed by atoms with Crippen LogP contribution in [0.2, 0.25) is 0 Å². The van der Waals surface area contributed by atoms with Crippen LogP contribution in [0.5, 0.6) is 0 Å². The molecule has 42 heavy (non-hydrogen) atoms. The molecule has 4 aromatic rings. The van der Waals surface area contributed by atoms with Crippen molar-refractivity contribution in [2.45, 2.75) is 26.6 Å². The molecule has 0 atom stereocenters. The van der Waals surface area contributed by atoms with Crippen LogP contribution in [0.15, 0.2) is 67.4 Å². The predicted octanol–water partition coefficient (Wildman–Crippen LogP) is 6.72. The van der Waals surface area contributed by atoms with E-state index in [1.807, 2.05) is 26.0 Å². The fourth-order valence-corrected chi connectivity index (χ4v) is 4.56. The summed E-state index contributed by atoms with van der Waals surface area (Å²) < 4.78 is 39.4. The first-order valence-corrected chi connectivity index (χ1v) is 12.8. The number of benzene rings is 2. The highest BCUT2D eigenvalue weighted by Gasteiger charge is 2.33. The first-order chi connectivity index (χ1) is 19.9. The third-order valence-electron chi connectivity index (χ3n) is 6.73. The molecule has 12 heteroatoms. The molecule has 0 saturated heterocycles. The van der Waals surface area contributed by atoms with Gasteiger partial charge in [-0.1, -0.05) is 24.8 Å². The summed E-state index contributed by atoms with van der Waals surface area (Å²) in [6.45, 7) is 7.73. The van der Waals surface area contributed by atoms with Crippen LogP contribution in [-0.4, -0.2) is 33.9 Å². The van der Waals surface area contributed by atoms with Crippen molar-refractivity contribution in [3.05, 3.63) is 101 Å². The maximum absolute atomic E-state index is 13.5. The van der Waals surface area contributed by atoms with Gasteiger partial charge in [0, 0.05) is 35.8 Å². The minimum atomic E-state index is -4.58. The number of carbonyl (C=O) groups is 2. The Bertz CT molecular complexity index is 1720. The van der Waals surface area contributed by atoms with Crippen molar-refractivity contribution in [2.75, 3.05) is 27.5 Å². The van der Waals surface area contributed by atoms with Gasteiger partial charge in [-0.3, -0.25) is 19.6 Å². The minimum Gasteiger partial charge on any atom is -0.323 e. The number of amides is 3. The third kappa shape index (κ3) is 5.64. The predicted molar refractivity (Wildman–Crippen MR) is 155 cm³/mol. The summed E-state index contributed by atoms with van der Waals surface area (Å²) in [5.74, 6) is 0.0144. The molecule has 0 bridgehead atoms. The average Bonchev–Trinajstić information content (AvgIpc) is 2.96. The molecule has 2 aromatic carbocycles. The number of urea groups is 1. The number of rotatable bonds is 6. The van der Waals surface area contributed by atoms with Crippen molar-refractivity contribution in [3.63, 3.8) is 0 Å². The van der Waals surface area contributed by atoms with E-state index < -0.39 is 17.6 Å². The molecule has 5 rings (SSSR count). The number of hydrogen-bond donors (Lipinski definition) is 2. The summed E-state index contributed by atoms with van der Waals surface area (Å²) in [6.07, 6.45) is -1.38. The lowest BCUT2D eigenvalue weighted by atomic mass is 10.1. The van der Waals surface area contributed by atoms with E-state index in [1.54, 1.807) is 37.5 Å². The van der Waals surface area contributed by atoms with Crippen LogP contribution in [-0.2, 0) is 12.7 Å². The zero-order chi connectivity index (χ0) is 30.2. The smallest absolute Gasteiger partial charge is 0.323 e. The van der Waals surface area contributed by atoms with Crippen LogP contribution in [0.4, 0.5) is 46.8 Å². The van der Waals surface area contributed by atoms with Gasteiger partial charge in [-0.2, -0.15) is 18.2 Å². The van der Waals surface area contributed by atoms with Crippen LogP contribution in [0.25, 0.3) is 6.08 Å². The third-order valence-corrected chi connectivity index (χ3v) is 6.73. The van der Waals surface area contributed by atoms with Gasteiger partial charge in [0.05, 0.1) is 29.2 Å². The normalized spacial score (nSPS) is 13.0. The summed E-state index contributed by atoms with van der Waals surface area (Å²) in [7, 11) is 1.59. The van der Waals surface area contributed by atoms with E-state index in [-0.39, 0.29) is 23.8 Å². The number of nitrogens with zero attached hydrogens (tertiary/aromatic N) is 5. The number of fused-ring (bicyclic) bond motifs is 1. The molecule has 2 aromatic heterocycles. The molecule has 9 nitrogen and oxygen atoms in total. The number of anilines is 5. The highest BCUT2D eigenvalue weighted by Crippen LogP contribution is 2.35. The average molecular weight is 574 g/mol. The quantitative estimate of drug-likeness (QED) is 0.265. The minimum absolute atomic E-state index is 0.135. The topological polar surface area (TPSA) is 103 Å². The van der Waals surface area contributed by atoms with Crippen molar-refractivity contribution in [1.82, 2.24) is 15.0 Å². The Balaban J connectivity index is 1.41. The fourth-order valence-electron chi connectivity index (χ4n) is 4.56. The molecular formula is C30H26F3N7O2. The monoisotopic (exact) mass is 573 g/mol. The summed E-state index contributed by atoms with van der Waals surface area (Å²) in [6, 6.07) is 12.3. The maximum Gasteiger partial charge on any atom is 0.416 e. The molecule has 3 amide bonds. The number of hydrogen-bond acceptors (Lipinski definition) is 6. The Morgan fingerprint density at radius 1 is 1.07 bits per heavy atom. The van der Waals surface area contributed by atoms with E-state index in [2.05, 4.69) is 32.2 Å². The van der Waals surface area contributed by atoms with Crippen molar-refractivity contribution < 1.29 is 22.8 Å².